The Morgan fingerprint density at radius 2 is 1.53 bits per heavy atom. The van der Waals surface area contributed by atoms with E-state index in [9.17, 15) is 10.1 Å². The Kier molecular flexibility index (Phi) is 4.93. The van der Waals surface area contributed by atoms with E-state index in [4.69, 9.17) is 22.1 Å². The summed E-state index contributed by atoms with van der Waals surface area (Å²) in [6.45, 7) is 0. The van der Waals surface area contributed by atoms with Crippen molar-refractivity contribution in [2.45, 2.75) is 12.0 Å². The molecule has 0 fully saturated rings. The van der Waals surface area contributed by atoms with Crippen LogP contribution in [0.4, 0.5) is 5.69 Å². The third-order valence-corrected chi connectivity index (χ3v) is 6.03. The average molecular weight is 440 g/mol. The van der Waals surface area contributed by atoms with Crippen molar-refractivity contribution in [3.05, 3.63) is 124 Å². The van der Waals surface area contributed by atoms with Gasteiger partial charge < -0.3 is 10.5 Å². The molecule has 32 heavy (non-hydrogen) atoms. The van der Waals surface area contributed by atoms with Gasteiger partial charge >= 0.3 is 0 Å². The van der Waals surface area contributed by atoms with E-state index in [1.807, 2.05) is 72.8 Å². The lowest BCUT2D eigenvalue weighted by Crippen LogP contribution is -2.30. The number of para-hydroxylation sites is 1. The fourth-order valence-electron chi connectivity index (χ4n) is 4.41. The number of rotatable bonds is 3. The maximum atomic E-state index is 13.7. The lowest BCUT2D eigenvalue weighted by atomic mass is 9.79. The van der Waals surface area contributed by atoms with Gasteiger partial charge in [0.2, 0.25) is 5.88 Å². The SMILES string of the molecule is N#CC1=C(N)OC2=C(C1c1ccc(Cl)cc1)C(c1ccccc1)N(c1ccccc1)C2=O. The number of allylic oxidation sites excluding steroid dienone is 1. The third kappa shape index (κ3) is 3.13. The summed E-state index contributed by atoms with van der Waals surface area (Å²) in [7, 11) is 0. The molecule has 2 aliphatic rings. The predicted octanol–water partition coefficient (Wildman–Crippen LogP) is 5.19. The zero-order valence-corrected chi connectivity index (χ0v) is 17.7. The van der Waals surface area contributed by atoms with Crippen LogP contribution in [0.3, 0.4) is 0 Å². The van der Waals surface area contributed by atoms with Gasteiger partial charge in [-0.05, 0) is 35.4 Å². The Balaban J connectivity index is 1.75. The summed E-state index contributed by atoms with van der Waals surface area (Å²) in [6.07, 6.45) is 0. The summed E-state index contributed by atoms with van der Waals surface area (Å²) < 4.78 is 5.80. The topological polar surface area (TPSA) is 79.4 Å². The number of hydrogen-bond donors (Lipinski definition) is 1. The molecule has 0 saturated heterocycles. The van der Waals surface area contributed by atoms with Gasteiger partial charge in [0.25, 0.3) is 5.91 Å². The molecule has 1 amide bonds. The van der Waals surface area contributed by atoms with Crippen molar-refractivity contribution >= 4 is 23.2 Å². The summed E-state index contributed by atoms with van der Waals surface area (Å²) in [4.78, 5) is 15.4. The van der Waals surface area contributed by atoms with Gasteiger partial charge in [0.15, 0.2) is 5.76 Å². The number of nitrogens with zero attached hydrogens (tertiary/aromatic N) is 2. The van der Waals surface area contributed by atoms with Crippen LogP contribution in [0, 0.1) is 11.3 Å². The van der Waals surface area contributed by atoms with E-state index in [-0.39, 0.29) is 23.1 Å². The summed E-state index contributed by atoms with van der Waals surface area (Å²) in [5.41, 5.74) is 9.56. The van der Waals surface area contributed by atoms with Crippen LogP contribution in [0.25, 0.3) is 0 Å². The maximum absolute atomic E-state index is 13.7. The molecule has 2 N–H and O–H groups in total. The molecule has 0 aromatic heterocycles. The highest BCUT2D eigenvalue weighted by Gasteiger charge is 2.49. The van der Waals surface area contributed by atoms with Crippen LogP contribution in [0.1, 0.15) is 23.1 Å². The molecule has 0 aliphatic carbocycles. The molecule has 3 aromatic carbocycles. The maximum Gasteiger partial charge on any atom is 0.294 e. The highest BCUT2D eigenvalue weighted by molar-refractivity contribution is 6.30. The first-order valence-electron chi connectivity index (χ1n) is 10.1. The van der Waals surface area contributed by atoms with E-state index < -0.39 is 12.0 Å². The molecule has 5 nitrogen and oxygen atoms in total. The molecule has 2 atom stereocenters. The number of amides is 1. The van der Waals surface area contributed by atoms with Crippen LogP contribution in [0.5, 0.6) is 0 Å². The minimum Gasteiger partial charge on any atom is -0.435 e. The molecule has 156 valence electrons. The predicted molar refractivity (Wildman–Crippen MR) is 122 cm³/mol. The average Bonchev–Trinajstić information content (AvgIpc) is 3.12. The van der Waals surface area contributed by atoms with Gasteiger partial charge in [-0.3, -0.25) is 9.69 Å². The van der Waals surface area contributed by atoms with Gasteiger partial charge in [-0.1, -0.05) is 72.3 Å². The molecule has 0 radical (unpaired) electrons. The number of nitrogens with two attached hydrogens (primary N) is 1. The van der Waals surface area contributed by atoms with E-state index in [1.165, 1.54) is 0 Å². The van der Waals surface area contributed by atoms with E-state index in [2.05, 4.69) is 6.07 Å². The van der Waals surface area contributed by atoms with Gasteiger partial charge in [-0.2, -0.15) is 5.26 Å². The van der Waals surface area contributed by atoms with E-state index >= 15 is 0 Å². The Morgan fingerprint density at radius 3 is 2.16 bits per heavy atom. The first-order chi connectivity index (χ1) is 15.6. The minimum absolute atomic E-state index is 0.0544. The fourth-order valence-corrected chi connectivity index (χ4v) is 4.53. The smallest absolute Gasteiger partial charge is 0.294 e. The summed E-state index contributed by atoms with van der Waals surface area (Å²) in [5, 5.41) is 10.5. The minimum atomic E-state index is -0.538. The highest BCUT2D eigenvalue weighted by atomic mass is 35.5. The summed E-state index contributed by atoms with van der Waals surface area (Å²) in [5.74, 6) is -0.719. The second-order valence-corrected chi connectivity index (χ2v) is 8.02. The van der Waals surface area contributed by atoms with E-state index in [0.29, 0.717) is 10.6 Å². The zero-order chi connectivity index (χ0) is 22.2. The standard InChI is InChI=1S/C26H18ClN3O2/c27-18-13-11-16(12-14-18)21-20(15-28)25(29)32-24-22(21)23(17-7-3-1-4-8-17)30(26(24)31)19-9-5-2-6-10-19/h1-14,21,23H,29H2. The highest BCUT2D eigenvalue weighted by Crippen LogP contribution is 2.52. The Labute approximate surface area is 190 Å². The Hall–Kier alpha value is -4.01. The molecule has 0 bridgehead atoms. The molecule has 2 heterocycles. The number of ether oxygens (including phenoxy) is 1. The van der Waals surface area contributed by atoms with Crippen molar-refractivity contribution in [1.29, 1.82) is 5.26 Å². The number of hydrogen-bond acceptors (Lipinski definition) is 4. The van der Waals surface area contributed by atoms with Gasteiger partial charge in [0, 0.05) is 16.3 Å². The van der Waals surface area contributed by atoms with Gasteiger partial charge in [-0.25, -0.2) is 0 Å². The second-order valence-electron chi connectivity index (χ2n) is 7.58. The van der Waals surface area contributed by atoms with Crippen molar-refractivity contribution in [3.63, 3.8) is 0 Å². The fraction of sp³-hybridized carbons (Fsp3) is 0.0769. The Bertz CT molecular complexity index is 1290. The number of carbonyl (C=O) groups excluding carboxylic acids is 1. The normalized spacial score (nSPS) is 20.1. The monoisotopic (exact) mass is 439 g/mol. The van der Waals surface area contributed by atoms with Crippen LogP contribution in [0.15, 0.2) is 108 Å². The molecule has 2 unspecified atom stereocenters. The number of anilines is 1. The lowest BCUT2D eigenvalue weighted by molar-refractivity contribution is -0.117. The Morgan fingerprint density at radius 1 is 0.906 bits per heavy atom. The molecular formula is C26H18ClN3O2. The summed E-state index contributed by atoms with van der Waals surface area (Å²) >= 11 is 6.11. The van der Waals surface area contributed by atoms with Crippen molar-refractivity contribution in [1.82, 2.24) is 0 Å². The zero-order valence-electron chi connectivity index (χ0n) is 16.9. The van der Waals surface area contributed by atoms with E-state index in [1.54, 1.807) is 17.0 Å². The van der Waals surface area contributed by atoms with Crippen LogP contribution in [0.2, 0.25) is 5.02 Å². The van der Waals surface area contributed by atoms with E-state index in [0.717, 1.165) is 16.8 Å². The van der Waals surface area contributed by atoms with Gasteiger partial charge in [-0.15, -0.1) is 0 Å². The quantitative estimate of drug-likeness (QED) is 0.609. The van der Waals surface area contributed by atoms with Crippen LogP contribution in [-0.4, -0.2) is 5.91 Å². The molecule has 3 aromatic rings. The molecule has 6 heteroatoms. The number of benzene rings is 3. The van der Waals surface area contributed by atoms with Gasteiger partial charge in [0.1, 0.15) is 11.6 Å². The number of carbonyl (C=O) groups is 1. The lowest BCUT2D eigenvalue weighted by Gasteiger charge is -2.31. The second kappa shape index (κ2) is 7.92. The molecule has 5 rings (SSSR count). The van der Waals surface area contributed by atoms with Gasteiger partial charge in [0.05, 0.1) is 12.0 Å². The van der Waals surface area contributed by atoms with Crippen molar-refractivity contribution in [3.8, 4) is 6.07 Å². The third-order valence-electron chi connectivity index (χ3n) is 5.78. The number of halogens is 1. The van der Waals surface area contributed by atoms with Crippen LogP contribution in [-0.2, 0) is 9.53 Å². The molecule has 0 spiro atoms. The van der Waals surface area contributed by atoms with Crippen LogP contribution >= 0.6 is 11.6 Å². The van der Waals surface area contributed by atoms with Crippen molar-refractivity contribution in [2.24, 2.45) is 5.73 Å². The largest absolute Gasteiger partial charge is 0.435 e. The van der Waals surface area contributed by atoms with Crippen molar-refractivity contribution < 1.29 is 9.53 Å². The molecule has 2 aliphatic heterocycles. The van der Waals surface area contributed by atoms with Crippen LogP contribution < -0.4 is 10.6 Å². The first kappa shape index (κ1) is 19.9. The summed E-state index contributed by atoms with van der Waals surface area (Å²) in [6, 6.07) is 28.1. The first-order valence-corrected chi connectivity index (χ1v) is 10.5. The van der Waals surface area contributed by atoms with Crippen molar-refractivity contribution in [2.75, 3.05) is 4.90 Å². The molecule has 0 saturated carbocycles. The molecular weight excluding hydrogens is 422 g/mol. The number of nitriles is 1.